The van der Waals surface area contributed by atoms with Gasteiger partial charge in [-0.25, -0.2) is 35.9 Å². The van der Waals surface area contributed by atoms with Gasteiger partial charge in [0.25, 0.3) is 6.43 Å². The van der Waals surface area contributed by atoms with Gasteiger partial charge in [0.15, 0.2) is 16.6 Å². The zero-order valence-electron chi connectivity index (χ0n) is 14.9. The Bertz CT molecular complexity index is 1030. The van der Waals surface area contributed by atoms with E-state index in [0.29, 0.717) is 0 Å². The van der Waals surface area contributed by atoms with Crippen molar-refractivity contribution in [1.29, 1.82) is 0 Å². The first-order chi connectivity index (χ1) is 14.1. The van der Waals surface area contributed by atoms with Crippen LogP contribution in [0, 0.1) is 5.82 Å². The van der Waals surface area contributed by atoms with Crippen LogP contribution in [0.4, 0.5) is 18.9 Å². The highest BCUT2D eigenvalue weighted by atomic mass is 32.2. The lowest BCUT2D eigenvalue weighted by atomic mass is 10.2. The van der Waals surface area contributed by atoms with Gasteiger partial charge in [-0.15, -0.1) is 0 Å². The molecular formula is C14H15F3N6O5S2. The molecule has 2 aromatic rings. The number of thioether (sulfide) groups is 1. The number of aliphatic imine (C=N–C) groups is 1. The van der Waals surface area contributed by atoms with Crippen LogP contribution in [0.2, 0.25) is 0 Å². The Morgan fingerprint density at radius 1 is 1.37 bits per heavy atom. The number of carbonyl (C=O) groups is 1. The van der Waals surface area contributed by atoms with Crippen molar-refractivity contribution < 1.29 is 36.2 Å². The van der Waals surface area contributed by atoms with Crippen LogP contribution >= 0.6 is 11.8 Å². The molecule has 0 saturated heterocycles. The molecule has 11 nitrogen and oxygen atoms in total. The summed E-state index contributed by atoms with van der Waals surface area (Å²) in [6.07, 6.45) is -3.07. The minimum Gasteiger partial charge on any atom is -0.369 e. The number of halogens is 3. The van der Waals surface area contributed by atoms with Crippen molar-refractivity contribution in [3.8, 4) is 0 Å². The van der Waals surface area contributed by atoms with Crippen LogP contribution in [0.5, 0.6) is 0 Å². The molecule has 0 aliphatic heterocycles. The third-order valence-corrected chi connectivity index (χ3v) is 5.50. The Kier molecular flexibility index (Phi) is 8.16. The molecule has 0 fully saturated rings. The van der Waals surface area contributed by atoms with Gasteiger partial charge in [-0.05, 0) is 28.5 Å². The summed E-state index contributed by atoms with van der Waals surface area (Å²) in [5.41, 5.74) is 5.46. The zero-order valence-corrected chi connectivity index (χ0v) is 16.5. The van der Waals surface area contributed by atoms with E-state index in [1.807, 2.05) is 0 Å². The monoisotopic (exact) mass is 468 g/mol. The topological polar surface area (TPSA) is 173 Å². The van der Waals surface area contributed by atoms with Gasteiger partial charge in [0.2, 0.25) is 15.9 Å². The molecule has 0 aliphatic carbocycles. The molecule has 0 atom stereocenters. The second-order valence-corrected chi connectivity index (χ2v) is 8.36. The summed E-state index contributed by atoms with van der Waals surface area (Å²) in [7, 11) is -3.87. The highest BCUT2D eigenvalue weighted by molar-refractivity contribution is 7.99. The number of rotatable bonds is 10. The molecular weight excluding hydrogens is 453 g/mol. The van der Waals surface area contributed by atoms with Gasteiger partial charge in [0.1, 0.15) is 11.6 Å². The number of carbonyl (C=O) groups excluding carboxylic acids is 1. The molecule has 2 rings (SSSR count). The first-order valence-corrected chi connectivity index (χ1v) is 10.5. The third kappa shape index (κ3) is 6.68. The number of sulfonamides is 1. The highest BCUT2D eigenvalue weighted by Gasteiger charge is 2.19. The minimum atomic E-state index is -3.87. The number of nitrogens with zero attached hydrogens (tertiary/aromatic N) is 3. The van der Waals surface area contributed by atoms with E-state index in [0.717, 1.165) is 30.0 Å². The fourth-order valence-electron chi connectivity index (χ4n) is 2.03. The first-order valence-electron chi connectivity index (χ1n) is 7.90. The Balaban J connectivity index is 2.11. The number of nitrogens with two attached hydrogens (primary N) is 1. The molecule has 0 bridgehead atoms. The van der Waals surface area contributed by atoms with E-state index in [9.17, 15) is 31.6 Å². The lowest BCUT2D eigenvalue weighted by Gasteiger charge is -2.06. The van der Waals surface area contributed by atoms with Crippen LogP contribution in [0.3, 0.4) is 0 Å². The van der Waals surface area contributed by atoms with Gasteiger partial charge in [-0.1, -0.05) is 11.8 Å². The van der Waals surface area contributed by atoms with Gasteiger partial charge >= 0.3 is 0 Å². The Morgan fingerprint density at radius 2 is 2.10 bits per heavy atom. The SMILES string of the molecule is NC(=O)CS(=O)(=O)NCCSc1nonc1C(=Nc1ccc(F)c(C(F)F)c1)NO. The van der Waals surface area contributed by atoms with Gasteiger partial charge < -0.3 is 5.73 Å². The van der Waals surface area contributed by atoms with E-state index in [1.54, 1.807) is 5.48 Å². The number of aromatic nitrogens is 2. The summed E-state index contributed by atoms with van der Waals surface area (Å²) in [4.78, 5) is 14.6. The van der Waals surface area contributed by atoms with E-state index < -0.39 is 39.5 Å². The number of hydrogen-bond acceptors (Lipinski definition) is 9. The molecule has 164 valence electrons. The summed E-state index contributed by atoms with van der Waals surface area (Å²) >= 11 is 0.956. The molecule has 0 unspecified atom stereocenters. The predicted molar refractivity (Wildman–Crippen MR) is 98.5 cm³/mol. The smallest absolute Gasteiger partial charge is 0.266 e. The molecule has 0 aliphatic rings. The third-order valence-electron chi connectivity index (χ3n) is 3.24. The average molecular weight is 468 g/mol. The van der Waals surface area contributed by atoms with Gasteiger partial charge in [0.05, 0.1) is 11.3 Å². The number of benzene rings is 1. The lowest BCUT2D eigenvalue weighted by molar-refractivity contribution is -0.115. The van der Waals surface area contributed by atoms with Crippen LogP contribution in [0.25, 0.3) is 0 Å². The molecule has 0 spiro atoms. The summed E-state index contributed by atoms with van der Waals surface area (Å²) in [5, 5.41) is 16.5. The van der Waals surface area contributed by atoms with E-state index >= 15 is 0 Å². The first kappa shape index (κ1) is 23.6. The van der Waals surface area contributed by atoms with Crippen LogP contribution in [0.15, 0.2) is 32.8 Å². The van der Waals surface area contributed by atoms with Gasteiger partial charge in [-0.2, -0.15) is 0 Å². The number of alkyl halides is 2. The second-order valence-electron chi connectivity index (χ2n) is 5.46. The van der Waals surface area contributed by atoms with Gasteiger partial charge in [0, 0.05) is 12.3 Å². The zero-order chi connectivity index (χ0) is 22.3. The summed E-state index contributed by atoms with van der Waals surface area (Å²) in [6, 6.07) is 2.70. The van der Waals surface area contributed by atoms with E-state index in [-0.39, 0.29) is 34.5 Å². The number of amidine groups is 1. The van der Waals surface area contributed by atoms with E-state index in [1.165, 1.54) is 0 Å². The predicted octanol–water partition coefficient (Wildman–Crippen LogP) is 0.700. The summed E-state index contributed by atoms with van der Waals surface area (Å²) in [5.74, 6) is -3.20. The average Bonchev–Trinajstić information content (AvgIpc) is 3.11. The highest BCUT2D eigenvalue weighted by Crippen LogP contribution is 2.27. The standard InChI is InChI=1S/C14H15F3N6O5S2/c15-9-2-1-7(5-8(9)12(16)17)20-13(21-25)11-14(23-28-22-11)29-4-3-19-30(26,27)6-10(18)24/h1-2,5,12,19,25H,3-4,6H2,(H2,18,24)(H,20,21). The second kappa shape index (κ2) is 10.4. The van der Waals surface area contributed by atoms with Crippen molar-refractivity contribution in [2.45, 2.75) is 11.5 Å². The van der Waals surface area contributed by atoms with Crippen molar-refractivity contribution in [3.63, 3.8) is 0 Å². The quantitative estimate of drug-likeness (QED) is 0.129. The van der Waals surface area contributed by atoms with Crippen molar-refractivity contribution in [1.82, 2.24) is 20.5 Å². The number of primary amides is 1. The minimum absolute atomic E-state index is 0.0839. The van der Waals surface area contributed by atoms with Crippen molar-refractivity contribution >= 4 is 39.2 Å². The number of hydroxylamine groups is 1. The normalized spacial score (nSPS) is 12.4. The van der Waals surface area contributed by atoms with Crippen LogP contribution in [0.1, 0.15) is 17.7 Å². The molecule has 1 heterocycles. The molecule has 0 radical (unpaired) electrons. The fourth-order valence-corrected chi connectivity index (χ4v) is 3.80. The van der Waals surface area contributed by atoms with Crippen LogP contribution in [-0.2, 0) is 14.8 Å². The molecule has 5 N–H and O–H groups in total. The van der Waals surface area contributed by atoms with Crippen molar-refractivity contribution in [2.24, 2.45) is 10.7 Å². The van der Waals surface area contributed by atoms with E-state index in [2.05, 4.69) is 24.7 Å². The van der Waals surface area contributed by atoms with Crippen LogP contribution in [-0.4, -0.2) is 53.7 Å². The summed E-state index contributed by atoms with van der Waals surface area (Å²) < 4.78 is 68.8. The maximum Gasteiger partial charge on any atom is 0.266 e. The molecule has 1 aromatic heterocycles. The molecule has 1 aromatic carbocycles. The van der Waals surface area contributed by atoms with E-state index in [4.69, 9.17) is 5.73 Å². The fraction of sp³-hybridized carbons (Fsp3) is 0.286. The molecule has 1 amide bonds. The maximum absolute atomic E-state index is 13.4. The Morgan fingerprint density at radius 3 is 2.73 bits per heavy atom. The number of nitrogens with one attached hydrogen (secondary N) is 2. The summed E-state index contributed by atoms with van der Waals surface area (Å²) in [6.45, 7) is -0.0959. The maximum atomic E-state index is 13.4. The van der Waals surface area contributed by atoms with Crippen LogP contribution < -0.4 is 15.9 Å². The molecule has 0 saturated carbocycles. The number of hydrogen-bond donors (Lipinski definition) is 4. The van der Waals surface area contributed by atoms with Gasteiger partial charge in [-0.3, -0.25) is 15.5 Å². The largest absolute Gasteiger partial charge is 0.369 e. The molecule has 30 heavy (non-hydrogen) atoms. The Hall–Kier alpha value is -2.69. The molecule has 16 heteroatoms. The number of amides is 1. The van der Waals surface area contributed by atoms with Crippen molar-refractivity contribution in [2.75, 3.05) is 18.1 Å². The van der Waals surface area contributed by atoms with Crippen molar-refractivity contribution in [3.05, 3.63) is 35.3 Å². The Labute approximate surface area is 171 Å². The lowest BCUT2D eigenvalue weighted by Crippen LogP contribution is -2.34.